The van der Waals surface area contributed by atoms with Crippen LogP contribution in [0.15, 0.2) is 24.3 Å². The zero-order valence-corrected chi connectivity index (χ0v) is 9.65. The van der Waals surface area contributed by atoms with E-state index in [1.807, 2.05) is 0 Å². The van der Waals surface area contributed by atoms with Gasteiger partial charge in [0.25, 0.3) is 0 Å². The molecule has 2 unspecified atom stereocenters. The molecule has 1 saturated heterocycles. The standard InChI is InChI=1S/C12H14FN3O2/c13-8-3-1-7(2-4-8)5-10(17)16-11-9(6-14)15-12(11)18/h1-4,9,11H,5-6,14H2,(H,15,18)(H,16,17). The summed E-state index contributed by atoms with van der Waals surface area (Å²) in [5.41, 5.74) is 6.12. The van der Waals surface area contributed by atoms with Crippen LogP contribution >= 0.6 is 0 Å². The van der Waals surface area contributed by atoms with Crippen molar-refractivity contribution < 1.29 is 14.0 Å². The molecule has 0 spiro atoms. The second kappa shape index (κ2) is 5.14. The molecule has 1 aromatic carbocycles. The molecule has 0 aromatic heterocycles. The van der Waals surface area contributed by atoms with Gasteiger partial charge in [0.2, 0.25) is 11.8 Å². The summed E-state index contributed by atoms with van der Waals surface area (Å²) in [5.74, 6) is -0.849. The van der Waals surface area contributed by atoms with Crippen molar-refractivity contribution in [1.82, 2.24) is 10.6 Å². The molecule has 96 valence electrons. The fourth-order valence-corrected chi connectivity index (χ4v) is 1.82. The van der Waals surface area contributed by atoms with Crippen LogP contribution in [-0.4, -0.2) is 30.4 Å². The van der Waals surface area contributed by atoms with Crippen molar-refractivity contribution >= 4 is 11.8 Å². The maximum Gasteiger partial charge on any atom is 0.245 e. The Morgan fingerprint density at radius 1 is 1.39 bits per heavy atom. The molecule has 0 saturated carbocycles. The molecule has 1 heterocycles. The molecule has 18 heavy (non-hydrogen) atoms. The minimum absolute atomic E-state index is 0.112. The van der Waals surface area contributed by atoms with Gasteiger partial charge in [-0.25, -0.2) is 4.39 Å². The normalized spacial score (nSPS) is 22.0. The summed E-state index contributed by atoms with van der Waals surface area (Å²) >= 11 is 0. The summed E-state index contributed by atoms with van der Waals surface area (Å²) in [6.45, 7) is 0.285. The van der Waals surface area contributed by atoms with E-state index in [2.05, 4.69) is 10.6 Å². The highest BCUT2D eigenvalue weighted by atomic mass is 19.1. The average Bonchev–Trinajstić information content (AvgIpc) is 2.36. The number of carbonyl (C=O) groups excluding carboxylic acids is 2. The van der Waals surface area contributed by atoms with Gasteiger partial charge < -0.3 is 16.4 Å². The first-order chi connectivity index (χ1) is 8.60. The van der Waals surface area contributed by atoms with Crippen molar-refractivity contribution in [3.8, 4) is 0 Å². The lowest BCUT2D eigenvalue weighted by molar-refractivity contribution is -0.135. The fourth-order valence-electron chi connectivity index (χ4n) is 1.82. The molecule has 2 rings (SSSR count). The number of carbonyl (C=O) groups is 2. The highest BCUT2D eigenvalue weighted by Gasteiger charge is 2.39. The van der Waals surface area contributed by atoms with Crippen molar-refractivity contribution in [2.45, 2.75) is 18.5 Å². The maximum absolute atomic E-state index is 12.7. The first-order valence-electron chi connectivity index (χ1n) is 5.64. The van der Waals surface area contributed by atoms with Crippen LogP contribution in [0.5, 0.6) is 0 Å². The monoisotopic (exact) mass is 251 g/mol. The van der Waals surface area contributed by atoms with Gasteiger partial charge in [-0.15, -0.1) is 0 Å². The van der Waals surface area contributed by atoms with Crippen LogP contribution < -0.4 is 16.4 Å². The predicted octanol–water partition coefficient (Wildman–Crippen LogP) is -0.690. The van der Waals surface area contributed by atoms with E-state index in [0.29, 0.717) is 5.56 Å². The van der Waals surface area contributed by atoms with Gasteiger partial charge in [-0.05, 0) is 17.7 Å². The van der Waals surface area contributed by atoms with Gasteiger partial charge in [-0.1, -0.05) is 12.1 Å². The maximum atomic E-state index is 12.7. The Morgan fingerprint density at radius 3 is 2.61 bits per heavy atom. The summed E-state index contributed by atoms with van der Waals surface area (Å²) in [5, 5.41) is 5.20. The molecule has 1 aliphatic heterocycles. The van der Waals surface area contributed by atoms with Crippen molar-refractivity contribution in [2.24, 2.45) is 5.73 Å². The number of halogens is 1. The number of hydrogen-bond donors (Lipinski definition) is 3. The zero-order valence-electron chi connectivity index (χ0n) is 9.65. The Hall–Kier alpha value is -1.95. The number of nitrogens with one attached hydrogen (secondary N) is 2. The van der Waals surface area contributed by atoms with Gasteiger partial charge in [-0.3, -0.25) is 9.59 Å². The predicted molar refractivity (Wildman–Crippen MR) is 63.0 cm³/mol. The molecule has 5 nitrogen and oxygen atoms in total. The van der Waals surface area contributed by atoms with Crippen LogP contribution in [0.2, 0.25) is 0 Å². The van der Waals surface area contributed by atoms with Crippen LogP contribution in [0.25, 0.3) is 0 Å². The summed E-state index contributed by atoms with van der Waals surface area (Å²) in [7, 11) is 0. The molecule has 6 heteroatoms. The molecule has 2 atom stereocenters. The SMILES string of the molecule is NCC1NC(=O)C1NC(=O)Cc1ccc(F)cc1. The minimum atomic E-state index is -0.553. The number of amides is 2. The molecule has 0 radical (unpaired) electrons. The second-order valence-electron chi connectivity index (χ2n) is 4.20. The number of β-lactam (4-membered cyclic amide) rings is 1. The third-order valence-corrected chi connectivity index (χ3v) is 2.86. The summed E-state index contributed by atoms with van der Waals surface area (Å²) in [6.07, 6.45) is 0.112. The number of nitrogens with two attached hydrogens (primary N) is 1. The van der Waals surface area contributed by atoms with Gasteiger partial charge in [0.1, 0.15) is 11.9 Å². The lowest BCUT2D eigenvalue weighted by atomic mass is 9.99. The average molecular weight is 251 g/mol. The van der Waals surface area contributed by atoms with Gasteiger partial charge in [0.05, 0.1) is 12.5 Å². The van der Waals surface area contributed by atoms with E-state index in [0.717, 1.165) is 0 Å². The van der Waals surface area contributed by atoms with E-state index >= 15 is 0 Å². The summed E-state index contributed by atoms with van der Waals surface area (Å²) in [4.78, 5) is 22.9. The van der Waals surface area contributed by atoms with E-state index in [-0.39, 0.29) is 36.6 Å². The van der Waals surface area contributed by atoms with Crippen molar-refractivity contribution in [1.29, 1.82) is 0 Å². The third-order valence-electron chi connectivity index (χ3n) is 2.86. The second-order valence-corrected chi connectivity index (χ2v) is 4.20. The highest BCUT2D eigenvalue weighted by Crippen LogP contribution is 2.07. The third kappa shape index (κ3) is 2.65. The number of hydrogen-bond acceptors (Lipinski definition) is 3. The molecule has 0 bridgehead atoms. The Bertz CT molecular complexity index is 461. The topological polar surface area (TPSA) is 84.2 Å². The Labute approximate surface area is 104 Å². The van der Waals surface area contributed by atoms with Crippen molar-refractivity contribution in [3.05, 3.63) is 35.6 Å². The van der Waals surface area contributed by atoms with Crippen LogP contribution in [0.4, 0.5) is 4.39 Å². The van der Waals surface area contributed by atoms with E-state index in [1.54, 1.807) is 0 Å². The largest absolute Gasteiger partial charge is 0.348 e. The molecule has 2 amide bonds. The zero-order chi connectivity index (χ0) is 13.1. The minimum Gasteiger partial charge on any atom is -0.348 e. The van der Waals surface area contributed by atoms with Gasteiger partial charge in [0, 0.05) is 6.54 Å². The van der Waals surface area contributed by atoms with Crippen LogP contribution in [0.1, 0.15) is 5.56 Å². The van der Waals surface area contributed by atoms with Crippen molar-refractivity contribution in [2.75, 3.05) is 6.54 Å². The van der Waals surface area contributed by atoms with E-state index in [1.165, 1.54) is 24.3 Å². The van der Waals surface area contributed by atoms with E-state index < -0.39 is 6.04 Å². The summed E-state index contributed by atoms with van der Waals surface area (Å²) in [6, 6.07) is 4.91. The molecule has 4 N–H and O–H groups in total. The molecule has 0 aliphatic carbocycles. The quantitative estimate of drug-likeness (QED) is 0.619. The summed E-state index contributed by atoms with van der Waals surface area (Å²) < 4.78 is 12.7. The Balaban J connectivity index is 1.89. The molecule has 1 aliphatic rings. The lowest BCUT2D eigenvalue weighted by Crippen LogP contribution is -2.71. The van der Waals surface area contributed by atoms with Gasteiger partial charge in [0.15, 0.2) is 0 Å². The Kier molecular flexibility index (Phi) is 3.57. The molecular formula is C12H14FN3O2. The van der Waals surface area contributed by atoms with E-state index in [9.17, 15) is 14.0 Å². The van der Waals surface area contributed by atoms with Crippen LogP contribution in [0, 0.1) is 5.82 Å². The van der Waals surface area contributed by atoms with Crippen molar-refractivity contribution in [3.63, 3.8) is 0 Å². The Morgan fingerprint density at radius 2 is 2.06 bits per heavy atom. The molecular weight excluding hydrogens is 237 g/mol. The lowest BCUT2D eigenvalue weighted by Gasteiger charge is -2.36. The molecule has 1 fully saturated rings. The highest BCUT2D eigenvalue weighted by molar-refractivity contribution is 5.93. The van der Waals surface area contributed by atoms with E-state index in [4.69, 9.17) is 5.73 Å². The van der Waals surface area contributed by atoms with Crippen LogP contribution in [0.3, 0.4) is 0 Å². The van der Waals surface area contributed by atoms with Gasteiger partial charge >= 0.3 is 0 Å². The first kappa shape index (κ1) is 12.5. The van der Waals surface area contributed by atoms with Crippen LogP contribution in [-0.2, 0) is 16.0 Å². The number of benzene rings is 1. The first-order valence-corrected chi connectivity index (χ1v) is 5.64. The smallest absolute Gasteiger partial charge is 0.245 e. The molecule has 1 aromatic rings. The fraction of sp³-hybridized carbons (Fsp3) is 0.333. The number of rotatable bonds is 4. The van der Waals surface area contributed by atoms with Gasteiger partial charge in [-0.2, -0.15) is 0 Å².